The maximum absolute atomic E-state index is 15.5. The molecule has 2 aliphatic heterocycles. The molecule has 11 heteroatoms. The highest BCUT2D eigenvalue weighted by molar-refractivity contribution is 6.01. The summed E-state index contributed by atoms with van der Waals surface area (Å²) in [4.78, 5) is 50.7. The maximum atomic E-state index is 15.5. The Morgan fingerprint density at radius 3 is 2.33 bits per heavy atom. The lowest BCUT2D eigenvalue weighted by molar-refractivity contribution is -0.149. The molecule has 0 fully saturated rings. The lowest BCUT2D eigenvalue weighted by Crippen LogP contribution is -2.33. The Balaban J connectivity index is 1.59. The third kappa shape index (κ3) is 4.40. The molecule has 4 aromatic carbocycles. The van der Waals surface area contributed by atoms with Crippen LogP contribution in [0.2, 0.25) is 0 Å². The smallest absolute Gasteiger partial charge is 0.341 e. The van der Waals surface area contributed by atoms with Crippen LogP contribution in [0.15, 0.2) is 60.7 Å². The van der Waals surface area contributed by atoms with Crippen molar-refractivity contribution in [1.29, 1.82) is 0 Å². The van der Waals surface area contributed by atoms with Crippen LogP contribution >= 0.6 is 0 Å². The molecular formula is C32H24FNO9. The number of rotatable bonds is 5. The van der Waals surface area contributed by atoms with E-state index in [1.807, 2.05) is 25.1 Å². The molecule has 43 heavy (non-hydrogen) atoms. The number of carbonyl (C=O) groups is 4. The van der Waals surface area contributed by atoms with E-state index in [9.17, 15) is 19.2 Å². The maximum Gasteiger partial charge on any atom is 0.341 e. The van der Waals surface area contributed by atoms with Gasteiger partial charge >= 0.3 is 23.9 Å². The summed E-state index contributed by atoms with van der Waals surface area (Å²) >= 11 is 0. The fourth-order valence-corrected chi connectivity index (χ4v) is 5.40. The first-order valence-electron chi connectivity index (χ1n) is 13.1. The Bertz CT molecular complexity index is 1880. The second kappa shape index (κ2) is 10.1. The standard InChI is InChI=1S/C32H24FNO9/c1-16(35)39-15-40-30(37)18-5-7-22-25(13-18)32(43-31(22)38)23-10-6-19(34(3)4)14-27(23)42-29-21-9-12-26(41-17(2)36)28(33)20(21)8-11-24(29)32/h5-14H,15H2,1-4H3. The zero-order chi connectivity index (χ0) is 30.6. The number of nitrogens with zero attached hydrogens (tertiary/aromatic N) is 1. The summed E-state index contributed by atoms with van der Waals surface area (Å²) in [6, 6.07) is 15.7. The zero-order valence-electron chi connectivity index (χ0n) is 23.5. The molecule has 0 saturated carbocycles. The first-order chi connectivity index (χ1) is 20.5. The third-order valence-corrected chi connectivity index (χ3v) is 7.31. The van der Waals surface area contributed by atoms with Crippen LogP contribution in [0.25, 0.3) is 10.8 Å². The predicted molar refractivity (Wildman–Crippen MR) is 150 cm³/mol. The van der Waals surface area contributed by atoms with Crippen LogP contribution < -0.4 is 14.4 Å². The molecule has 0 bridgehead atoms. The van der Waals surface area contributed by atoms with Crippen molar-refractivity contribution >= 4 is 40.3 Å². The van der Waals surface area contributed by atoms with Crippen molar-refractivity contribution < 1.29 is 47.3 Å². The summed E-state index contributed by atoms with van der Waals surface area (Å²) in [5.41, 5.74) is 0.727. The van der Waals surface area contributed by atoms with Gasteiger partial charge < -0.3 is 28.6 Å². The molecule has 0 N–H and O–H groups in total. The largest absolute Gasteiger partial charge is 0.456 e. The molecule has 1 spiro atoms. The van der Waals surface area contributed by atoms with Gasteiger partial charge in [0.15, 0.2) is 17.2 Å². The van der Waals surface area contributed by atoms with Gasteiger partial charge in [-0.1, -0.05) is 6.07 Å². The molecule has 0 amide bonds. The highest BCUT2D eigenvalue weighted by atomic mass is 19.1. The van der Waals surface area contributed by atoms with Crippen LogP contribution in [0.4, 0.5) is 10.1 Å². The van der Waals surface area contributed by atoms with Gasteiger partial charge in [-0.15, -0.1) is 0 Å². The van der Waals surface area contributed by atoms with Gasteiger partial charge in [0.1, 0.15) is 11.5 Å². The zero-order valence-corrected chi connectivity index (χ0v) is 23.5. The van der Waals surface area contributed by atoms with Crippen LogP contribution in [0.1, 0.15) is 51.3 Å². The van der Waals surface area contributed by atoms with E-state index < -0.39 is 42.1 Å². The normalized spacial score (nSPS) is 16.0. The van der Waals surface area contributed by atoms with E-state index in [4.69, 9.17) is 23.7 Å². The molecule has 2 heterocycles. The van der Waals surface area contributed by atoms with Gasteiger partial charge in [0, 0.05) is 67.2 Å². The van der Waals surface area contributed by atoms with Gasteiger partial charge in [0.2, 0.25) is 6.79 Å². The summed E-state index contributed by atoms with van der Waals surface area (Å²) in [6.07, 6.45) is 0. The predicted octanol–water partition coefficient (Wildman–Crippen LogP) is 5.22. The van der Waals surface area contributed by atoms with E-state index in [2.05, 4.69) is 0 Å². The van der Waals surface area contributed by atoms with E-state index in [0.29, 0.717) is 27.8 Å². The fourth-order valence-electron chi connectivity index (χ4n) is 5.40. The number of hydrogen-bond acceptors (Lipinski definition) is 10. The Kier molecular flexibility index (Phi) is 6.52. The Labute approximate surface area is 244 Å². The van der Waals surface area contributed by atoms with Gasteiger partial charge in [0.05, 0.1) is 11.1 Å². The number of ether oxygens (including phenoxy) is 5. The Morgan fingerprint density at radius 1 is 0.860 bits per heavy atom. The van der Waals surface area contributed by atoms with Crippen molar-refractivity contribution in [2.24, 2.45) is 0 Å². The minimum absolute atomic E-state index is 0.0842. The van der Waals surface area contributed by atoms with Crippen molar-refractivity contribution in [1.82, 2.24) is 0 Å². The van der Waals surface area contributed by atoms with E-state index in [0.717, 1.165) is 5.69 Å². The Hall–Kier alpha value is -5.45. The molecule has 1 atom stereocenters. The number of esters is 4. The first-order valence-corrected chi connectivity index (χ1v) is 13.1. The summed E-state index contributed by atoms with van der Waals surface area (Å²) in [6.45, 7) is 1.78. The van der Waals surface area contributed by atoms with E-state index >= 15 is 4.39 Å². The van der Waals surface area contributed by atoms with Crippen LogP contribution in [0.5, 0.6) is 17.2 Å². The highest BCUT2D eigenvalue weighted by Crippen LogP contribution is 2.58. The molecule has 2 aliphatic rings. The SMILES string of the molecule is CC(=O)OCOC(=O)c1ccc2c(c1)C1(OC2=O)c2ccc(N(C)C)cc2Oc2c1ccc1c(F)c(OC(C)=O)ccc21. The van der Waals surface area contributed by atoms with E-state index in [1.54, 1.807) is 24.3 Å². The van der Waals surface area contributed by atoms with Crippen molar-refractivity contribution in [3.63, 3.8) is 0 Å². The minimum atomic E-state index is -1.58. The molecule has 218 valence electrons. The second-order valence-corrected chi connectivity index (χ2v) is 10.2. The quantitative estimate of drug-likeness (QED) is 0.175. The average molecular weight is 586 g/mol. The average Bonchev–Trinajstić information content (AvgIpc) is 3.25. The molecule has 0 saturated heterocycles. The van der Waals surface area contributed by atoms with Gasteiger partial charge in [-0.25, -0.2) is 14.0 Å². The summed E-state index contributed by atoms with van der Waals surface area (Å²) in [5, 5.41) is 0.458. The van der Waals surface area contributed by atoms with Gasteiger partial charge in [-0.05, 0) is 48.5 Å². The number of anilines is 1. The molecule has 1 unspecified atom stereocenters. The lowest BCUT2D eigenvalue weighted by atomic mass is 9.76. The fraction of sp³-hybridized carbons (Fsp3) is 0.188. The Morgan fingerprint density at radius 2 is 1.60 bits per heavy atom. The molecule has 10 nitrogen and oxygen atoms in total. The number of carbonyl (C=O) groups excluding carboxylic acids is 4. The number of benzene rings is 4. The summed E-state index contributed by atoms with van der Waals surface area (Å²) < 4.78 is 43.0. The molecule has 4 aromatic rings. The molecule has 0 aromatic heterocycles. The van der Waals surface area contributed by atoms with Crippen molar-refractivity contribution in [3.8, 4) is 17.2 Å². The van der Waals surface area contributed by atoms with E-state index in [-0.39, 0.29) is 28.0 Å². The molecule has 0 radical (unpaired) electrons. The van der Waals surface area contributed by atoms with Gasteiger partial charge in [0.25, 0.3) is 0 Å². The van der Waals surface area contributed by atoms with Gasteiger partial charge in [-0.3, -0.25) is 9.59 Å². The monoisotopic (exact) mass is 585 g/mol. The molecular weight excluding hydrogens is 561 g/mol. The highest BCUT2D eigenvalue weighted by Gasteiger charge is 2.54. The summed E-state index contributed by atoms with van der Waals surface area (Å²) in [7, 11) is 3.71. The van der Waals surface area contributed by atoms with Crippen LogP contribution in [-0.4, -0.2) is 44.8 Å². The van der Waals surface area contributed by atoms with Crippen LogP contribution in [0, 0.1) is 5.82 Å². The number of hydrogen-bond donors (Lipinski definition) is 0. The van der Waals surface area contributed by atoms with Crippen molar-refractivity contribution in [3.05, 3.63) is 94.3 Å². The lowest BCUT2D eigenvalue weighted by Gasteiger charge is -2.37. The van der Waals surface area contributed by atoms with Gasteiger partial charge in [-0.2, -0.15) is 0 Å². The van der Waals surface area contributed by atoms with E-state index in [1.165, 1.54) is 44.2 Å². The second-order valence-electron chi connectivity index (χ2n) is 10.2. The first kappa shape index (κ1) is 27.7. The van der Waals surface area contributed by atoms with Crippen molar-refractivity contribution in [2.75, 3.05) is 25.8 Å². The number of fused-ring (bicyclic) bond motifs is 8. The third-order valence-electron chi connectivity index (χ3n) is 7.31. The number of halogens is 1. The topological polar surface area (TPSA) is 118 Å². The van der Waals surface area contributed by atoms with Crippen molar-refractivity contribution in [2.45, 2.75) is 19.4 Å². The summed E-state index contributed by atoms with van der Waals surface area (Å²) in [5.74, 6) is -3.15. The van der Waals surface area contributed by atoms with Crippen LogP contribution in [0.3, 0.4) is 0 Å². The molecule has 0 aliphatic carbocycles. The molecule has 6 rings (SSSR count). The minimum Gasteiger partial charge on any atom is -0.456 e. The van der Waals surface area contributed by atoms with Crippen LogP contribution in [-0.2, 0) is 29.4 Å².